The molecule has 20 aromatic rings. The van der Waals surface area contributed by atoms with Gasteiger partial charge in [0.15, 0.2) is 0 Å². The molecule has 4 fully saturated rings. The predicted octanol–water partition coefficient (Wildman–Crippen LogP) is 29.0. The van der Waals surface area contributed by atoms with Gasteiger partial charge >= 0.3 is 11.9 Å². The van der Waals surface area contributed by atoms with Crippen LogP contribution in [0.15, 0.2) is 287 Å². The van der Waals surface area contributed by atoms with E-state index in [4.69, 9.17) is 58.0 Å². The molecule has 0 saturated heterocycles. The minimum atomic E-state index is -0.937. The lowest BCUT2D eigenvalue weighted by molar-refractivity contribution is 0.0686. The van der Waals surface area contributed by atoms with Crippen LogP contribution in [0.5, 0.6) is 0 Å². The molecule has 0 unspecified atom stereocenters. The zero-order chi connectivity index (χ0) is 99.6. The molecular formula is C121H118N16O8. The zero-order valence-electron chi connectivity index (χ0n) is 83.5. The summed E-state index contributed by atoms with van der Waals surface area (Å²) in [7, 11) is 0. The van der Waals surface area contributed by atoms with E-state index in [0.717, 1.165) is 216 Å². The van der Waals surface area contributed by atoms with E-state index in [1.807, 2.05) is 153 Å². The molecule has 16 heterocycles. The summed E-state index contributed by atoms with van der Waals surface area (Å²) in [4.78, 5) is 62.1. The van der Waals surface area contributed by atoms with Gasteiger partial charge in [-0.3, -0.25) is 39.9 Å². The van der Waals surface area contributed by atoms with Crippen LogP contribution in [-0.2, 0) is 0 Å². The summed E-state index contributed by atoms with van der Waals surface area (Å²) in [6.45, 7) is 19.9. The summed E-state index contributed by atoms with van der Waals surface area (Å²) in [5.41, 5.74) is 35.3. The van der Waals surface area contributed by atoms with Crippen LogP contribution in [0, 0.1) is 92.9 Å². The molecule has 4 aromatic carbocycles. The average molecular weight is 1920 g/mol. The maximum absolute atomic E-state index is 11.4. The maximum atomic E-state index is 11.4. The van der Waals surface area contributed by atoms with E-state index in [-0.39, 0.29) is 35.3 Å². The van der Waals surface area contributed by atoms with Crippen molar-refractivity contribution in [3.63, 3.8) is 0 Å². The number of hydrogen-bond acceptors (Lipinski definition) is 18. The summed E-state index contributed by atoms with van der Waals surface area (Å²) >= 11 is 0. The van der Waals surface area contributed by atoms with Gasteiger partial charge in [0.2, 0.25) is 0 Å². The minimum Gasteiger partial charge on any atom is -0.478 e. The number of rotatable bonds is 22. The van der Waals surface area contributed by atoms with Crippen LogP contribution < -0.4 is 0 Å². The first-order chi connectivity index (χ1) is 70.7. The monoisotopic (exact) mass is 1920 g/mol. The van der Waals surface area contributed by atoms with Gasteiger partial charge in [0.05, 0.1) is 125 Å². The first-order valence-electron chi connectivity index (χ1n) is 50.9. The summed E-state index contributed by atoms with van der Waals surface area (Å²) in [6.07, 6.45) is 45.0. The molecule has 2 N–H and O–H groups in total. The van der Waals surface area contributed by atoms with Crippen molar-refractivity contribution in [1.82, 2.24) is 78.8 Å². The summed E-state index contributed by atoms with van der Waals surface area (Å²) < 4.78 is 31.5. The fourth-order valence-corrected chi connectivity index (χ4v) is 23.4. The number of pyridine rings is 8. The van der Waals surface area contributed by atoms with Crippen molar-refractivity contribution in [3.8, 4) is 89.0 Å². The van der Waals surface area contributed by atoms with Crippen LogP contribution in [0.3, 0.4) is 0 Å². The van der Waals surface area contributed by atoms with E-state index >= 15 is 0 Å². The Morgan fingerprint density at radius 2 is 0.497 bits per heavy atom. The Labute approximate surface area is 842 Å². The number of aromatic carboxylic acids is 2. The third kappa shape index (κ3) is 19.2. The average Bonchev–Trinajstić information content (AvgIpc) is 1.61. The maximum Gasteiger partial charge on any atom is 0.335 e. The van der Waals surface area contributed by atoms with Gasteiger partial charge in [-0.15, -0.1) is 0 Å². The third-order valence-corrected chi connectivity index (χ3v) is 30.4. The Balaban J connectivity index is 0.000000114. The molecule has 730 valence electrons. The lowest BCUT2D eigenvalue weighted by atomic mass is 9.82. The number of carboxylic acid groups (broad SMARTS) is 2. The number of aromatic nitrogens is 16. The standard InChI is InChI=1S/C31H32N4O.2C30H28N4O3.C30H30N4O/c1-20-12-14-23(15-13-20)26-19-35(31(24-9-5-4-6-10-24)27-11-7-8-16-32-27)28-17-25(18-33-30(26)28)29-21(2)34-36-22(29)3;2*1-18-27(19(2)37-33-18)23-15-26-28(32-16-23)24(20-10-12-22(13-11-20)30(35)36)17-34(26)29(21-7-3-4-8-21)25-9-5-6-14-31-25;1-19-11-13-22(14-12-19)25-18-34(30(23-8-4-5-9-23)26-10-6-7-15-31-26)27-16-24(17-32-29(25)27)28-20(2)33-35-21(28)3/h7-8,11-19,24,31H,4-6,9-10H2,1-3H3;2*5-6,9-17,21,29H,3-4,7-8H2,1-2H3,(H,35,36);6-7,10-18,23,30H,4-5,8-9H2,1-3H3/t31-;2*29-;30-/m0101/s1. The molecule has 0 bridgehead atoms. The Bertz CT molecular complexity index is 7690. The van der Waals surface area contributed by atoms with Crippen molar-refractivity contribution >= 4 is 56.1 Å². The topological polar surface area (TPSA) is 302 Å². The fourth-order valence-electron chi connectivity index (χ4n) is 23.4. The summed E-state index contributed by atoms with van der Waals surface area (Å²) in [5.74, 6) is 3.31. The van der Waals surface area contributed by atoms with Crippen LogP contribution in [0.2, 0.25) is 0 Å². The quantitative estimate of drug-likeness (QED) is 0.0637. The lowest BCUT2D eigenvalue weighted by Gasteiger charge is -2.31. The van der Waals surface area contributed by atoms with Crippen molar-refractivity contribution in [1.29, 1.82) is 0 Å². The van der Waals surface area contributed by atoms with Crippen LogP contribution in [0.1, 0.15) is 234 Å². The largest absolute Gasteiger partial charge is 0.478 e. The second kappa shape index (κ2) is 41.5. The van der Waals surface area contributed by atoms with Gasteiger partial charge in [0.25, 0.3) is 0 Å². The first kappa shape index (κ1) is 95.2. The first-order valence-corrected chi connectivity index (χ1v) is 50.9. The van der Waals surface area contributed by atoms with Crippen LogP contribution >= 0.6 is 0 Å². The van der Waals surface area contributed by atoms with Gasteiger partial charge in [-0.2, -0.15) is 0 Å². The summed E-state index contributed by atoms with van der Waals surface area (Å²) in [5, 5.41) is 35.4. The molecule has 4 atom stereocenters. The Morgan fingerprint density at radius 1 is 0.276 bits per heavy atom. The molecule has 145 heavy (non-hydrogen) atoms. The molecule has 24 nitrogen and oxygen atoms in total. The number of benzene rings is 4. The van der Waals surface area contributed by atoms with Crippen LogP contribution in [-0.4, -0.2) is 101 Å². The van der Waals surface area contributed by atoms with Gasteiger partial charge in [-0.25, -0.2) is 9.59 Å². The molecule has 16 aromatic heterocycles. The predicted molar refractivity (Wildman–Crippen MR) is 566 cm³/mol. The molecule has 0 spiro atoms. The Hall–Kier alpha value is -16.0. The third-order valence-electron chi connectivity index (χ3n) is 30.4. The highest BCUT2D eigenvalue weighted by Crippen LogP contribution is 2.50. The van der Waals surface area contributed by atoms with Gasteiger partial charge in [-0.1, -0.05) is 187 Å². The van der Waals surface area contributed by atoms with Gasteiger partial charge < -0.3 is 46.6 Å². The molecular weight excluding hydrogens is 1810 g/mol. The molecule has 24 rings (SSSR count). The molecule has 4 aliphatic carbocycles. The van der Waals surface area contributed by atoms with Crippen molar-refractivity contribution in [3.05, 3.63) is 359 Å². The smallest absolute Gasteiger partial charge is 0.335 e. The second-order valence-corrected chi connectivity index (χ2v) is 39.8. The van der Waals surface area contributed by atoms with Crippen molar-refractivity contribution in [2.24, 2.45) is 23.7 Å². The highest BCUT2D eigenvalue weighted by Gasteiger charge is 2.37. The highest BCUT2D eigenvalue weighted by molar-refractivity contribution is 6.00. The Morgan fingerprint density at radius 3 is 0.697 bits per heavy atom. The molecule has 0 aliphatic heterocycles. The fraction of sp³-hybridized carbons (Fsp3) is 0.289. The number of hydrogen-bond donors (Lipinski definition) is 2. The van der Waals surface area contributed by atoms with Crippen molar-refractivity contribution < 1.29 is 37.9 Å². The number of aryl methyl sites for hydroxylation is 10. The molecule has 0 amide bonds. The van der Waals surface area contributed by atoms with Gasteiger partial charge in [-0.05, 0) is 264 Å². The van der Waals surface area contributed by atoms with E-state index in [1.165, 1.54) is 106 Å². The van der Waals surface area contributed by atoms with Gasteiger partial charge in [0, 0.05) is 141 Å². The van der Waals surface area contributed by atoms with Crippen molar-refractivity contribution in [2.75, 3.05) is 0 Å². The Kier molecular flexibility index (Phi) is 27.3. The molecule has 4 aliphatic rings. The number of carbonyl (C=O) groups is 2. The van der Waals surface area contributed by atoms with E-state index in [1.54, 1.807) is 24.3 Å². The SMILES string of the molecule is Cc1ccc(-c2cn([C@@H](c3ccccn3)C3CCCC3)c3cc(-c4c(C)noc4C)cnc23)cc1.Cc1ccc(-c2cn([C@H](c3ccccn3)C3CCCCC3)c3cc(-c4c(C)noc4C)cnc23)cc1.Cc1noc(C)c1-c1cnc2c(-c3ccc(C(=O)O)cc3)cn([C@@H](c3ccccn3)C3CCCC3)c2c1.Cc1noc(C)c1-c1cnc2c(-c3ccc(C(=O)O)cc3)cn([C@H](c3ccccn3)C3CCCC3)c2c1. The van der Waals surface area contributed by atoms with Crippen LogP contribution in [0.25, 0.3) is 133 Å². The number of carboxylic acids is 2. The molecule has 4 saturated carbocycles. The molecule has 0 radical (unpaired) electrons. The van der Waals surface area contributed by atoms with Crippen LogP contribution in [0.4, 0.5) is 0 Å². The minimum absolute atomic E-state index is 0.0694. The summed E-state index contributed by atoms with van der Waals surface area (Å²) in [6, 6.07) is 65.7. The number of fused-ring (bicyclic) bond motifs is 4. The lowest BCUT2D eigenvalue weighted by Crippen LogP contribution is -2.23. The van der Waals surface area contributed by atoms with E-state index in [0.29, 0.717) is 23.7 Å². The van der Waals surface area contributed by atoms with Crippen molar-refractivity contribution in [2.45, 2.75) is 203 Å². The molecule has 24 heteroatoms. The second-order valence-electron chi connectivity index (χ2n) is 39.8. The van der Waals surface area contributed by atoms with Gasteiger partial charge in [0.1, 0.15) is 23.0 Å². The highest BCUT2D eigenvalue weighted by atomic mass is 16.5. The number of nitrogens with zero attached hydrogens (tertiary/aromatic N) is 16. The van der Waals surface area contributed by atoms with E-state index in [9.17, 15) is 19.8 Å². The zero-order valence-corrected chi connectivity index (χ0v) is 83.5. The normalized spacial score (nSPS) is 15.1. The van der Waals surface area contributed by atoms with E-state index < -0.39 is 11.9 Å². The van der Waals surface area contributed by atoms with E-state index in [2.05, 4.69) is 199 Å².